The lowest BCUT2D eigenvalue weighted by Gasteiger charge is -2.14. The minimum absolute atomic E-state index is 0.211. The summed E-state index contributed by atoms with van der Waals surface area (Å²) in [6.45, 7) is 2.69. The molecule has 8 heteroatoms. The Balaban J connectivity index is 1.58. The highest BCUT2D eigenvalue weighted by molar-refractivity contribution is 5.81. The molecule has 4 aromatic rings. The average Bonchev–Trinajstić information content (AvgIpc) is 3.46. The summed E-state index contributed by atoms with van der Waals surface area (Å²) in [6, 6.07) is 12.7. The molecule has 32 heavy (non-hydrogen) atoms. The first-order valence-corrected chi connectivity index (χ1v) is 10.1. The first kappa shape index (κ1) is 19.5. The molecule has 0 aliphatic carbocycles. The second-order valence-electron chi connectivity index (χ2n) is 7.52. The van der Waals surface area contributed by atoms with Gasteiger partial charge in [0.2, 0.25) is 5.95 Å². The van der Waals surface area contributed by atoms with Crippen LogP contribution in [-0.4, -0.2) is 21.0 Å². The van der Waals surface area contributed by atoms with Crippen molar-refractivity contribution < 1.29 is 9.13 Å². The van der Waals surface area contributed by atoms with Crippen LogP contribution in [-0.2, 0) is 13.0 Å². The van der Waals surface area contributed by atoms with Crippen LogP contribution in [0.2, 0.25) is 0 Å². The summed E-state index contributed by atoms with van der Waals surface area (Å²) in [4.78, 5) is 8.97. The van der Waals surface area contributed by atoms with Crippen LogP contribution in [0.4, 0.5) is 10.3 Å². The van der Waals surface area contributed by atoms with E-state index in [1.165, 1.54) is 6.07 Å². The molecule has 0 bridgehead atoms. The third kappa shape index (κ3) is 3.19. The second kappa shape index (κ2) is 7.68. The van der Waals surface area contributed by atoms with Gasteiger partial charge in [-0.2, -0.15) is 10.5 Å². The van der Waals surface area contributed by atoms with Gasteiger partial charge in [0.25, 0.3) is 0 Å². The molecule has 0 saturated carbocycles. The molecule has 5 rings (SSSR count). The molecule has 1 N–H and O–H groups in total. The first-order valence-electron chi connectivity index (χ1n) is 10.1. The van der Waals surface area contributed by atoms with E-state index in [4.69, 9.17) is 4.74 Å². The lowest BCUT2D eigenvalue weighted by Crippen LogP contribution is -2.09. The van der Waals surface area contributed by atoms with Crippen molar-refractivity contribution in [3.8, 4) is 29.0 Å². The number of rotatable bonds is 4. The van der Waals surface area contributed by atoms with E-state index in [0.717, 1.165) is 16.7 Å². The number of fused-ring (bicyclic) bond motifs is 2. The summed E-state index contributed by atoms with van der Waals surface area (Å²) in [5.41, 5.74) is 5.15. The molecule has 3 heterocycles. The van der Waals surface area contributed by atoms with Crippen LogP contribution in [0.25, 0.3) is 16.8 Å². The van der Waals surface area contributed by atoms with Crippen molar-refractivity contribution in [2.75, 3.05) is 11.9 Å². The van der Waals surface area contributed by atoms with E-state index in [1.54, 1.807) is 35.0 Å². The molecule has 2 aromatic carbocycles. The number of benzene rings is 2. The van der Waals surface area contributed by atoms with Gasteiger partial charge in [0.05, 0.1) is 24.4 Å². The highest BCUT2D eigenvalue weighted by atomic mass is 19.1. The number of anilines is 1. The van der Waals surface area contributed by atoms with Gasteiger partial charge in [-0.05, 0) is 42.3 Å². The Bertz CT molecular complexity index is 1460. The molecule has 1 aliphatic heterocycles. The minimum Gasteiger partial charge on any atom is -0.493 e. The first-order chi connectivity index (χ1) is 15.6. The zero-order valence-corrected chi connectivity index (χ0v) is 17.2. The monoisotopic (exact) mass is 424 g/mol. The van der Waals surface area contributed by atoms with Crippen LogP contribution >= 0.6 is 0 Å². The molecule has 0 spiro atoms. The maximum absolute atomic E-state index is 14.5. The standard InChI is InChI=1S/C24H17FN6O/c1-14-2-3-15(9-26)8-18(14)20-12-29-24(31-13-16(10-27)30-23(20)31)28-11-19-17-6-7-32-22(17)5-4-21(19)25/h2-5,8,12-13H,6-7,11H2,1H3,(H,28,29). The third-order valence-electron chi connectivity index (χ3n) is 5.63. The lowest BCUT2D eigenvalue weighted by molar-refractivity contribution is 0.356. The Kier molecular flexibility index (Phi) is 4.68. The van der Waals surface area contributed by atoms with Gasteiger partial charge in [-0.25, -0.2) is 14.4 Å². The summed E-state index contributed by atoms with van der Waals surface area (Å²) < 4.78 is 21.7. The van der Waals surface area contributed by atoms with E-state index >= 15 is 0 Å². The van der Waals surface area contributed by atoms with Gasteiger partial charge in [0.15, 0.2) is 11.3 Å². The topological polar surface area (TPSA) is 99.0 Å². The zero-order valence-electron chi connectivity index (χ0n) is 17.2. The Morgan fingerprint density at radius 3 is 2.88 bits per heavy atom. The summed E-state index contributed by atoms with van der Waals surface area (Å²) in [5.74, 6) is 0.837. The summed E-state index contributed by atoms with van der Waals surface area (Å²) in [6.07, 6.45) is 3.90. The maximum Gasteiger partial charge on any atom is 0.208 e. The van der Waals surface area contributed by atoms with E-state index in [-0.39, 0.29) is 18.1 Å². The SMILES string of the molecule is Cc1ccc(C#N)cc1-c1cnc(NCc2c(F)ccc3c2CCO3)n2cc(C#N)nc12. The maximum atomic E-state index is 14.5. The minimum atomic E-state index is -0.304. The zero-order chi connectivity index (χ0) is 22.2. The highest BCUT2D eigenvalue weighted by Gasteiger charge is 2.20. The van der Waals surface area contributed by atoms with Crippen molar-refractivity contribution in [3.63, 3.8) is 0 Å². The fourth-order valence-corrected chi connectivity index (χ4v) is 4.01. The highest BCUT2D eigenvalue weighted by Crippen LogP contribution is 2.32. The molecular formula is C24H17FN6O. The summed E-state index contributed by atoms with van der Waals surface area (Å²) >= 11 is 0. The number of imidazole rings is 1. The van der Waals surface area contributed by atoms with Crippen molar-refractivity contribution in [1.29, 1.82) is 10.5 Å². The normalized spacial score (nSPS) is 12.1. The van der Waals surface area contributed by atoms with E-state index in [9.17, 15) is 14.9 Å². The molecule has 7 nitrogen and oxygen atoms in total. The van der Waals surface area contributed by atoms with Crippen molar-refractivity contribution in [1.82, 2.24) is 14.4 Å². The predicted octanol–water partition coefficient (Wildman–Crippen LogP) is 4.13. The molecule has 0 saturated heterocycles. The number of hydrogen-bond donors (Lipinski definition) is 1. The number of nitriles is 2. The van der Waals surface area contributed by atoms with Crippen molar-refractivity contribution in [2.24, 2.45) is 0 Å². The summed E-state index contributed by atoms with van der Waals surface area (Å²) in [7, 11) is 0. The molecular weight excluding hydrogens is 407 g/mol. The Labute approximate surface area is 183 Å². The predicted molar refractivity (Wildman–Crippen MR) is 116 cm³/mol. The number of hydrogen-bond acceptors (Lipinski definition) is 6. The van der Waals surface area contributed by atoms with Crippen LogP contribution in [0, 0.1) is 35.4 Å². The number of aromatic nitrogens is 3. The molecule has 0 unspecified atom stereocenters. The molecule has 0 radical (unpaired) electrons. The lowest BCUT2D eigenvalue weighted by atomic mass is 10.00. The van der Waals surface area contributed by atoms with Crippen LogP contribution in [0.15, 0.2) is 42.7 Å². The van der Waals surface area contributed by atoms with Crippen molar-refractivity contribution in [3.05, 3.63) is 76.5 Å². The molecule has 2 aromatic heterocycles. The van der Waals surface area contributed by atoms with Gasteiger partial charge in [0.1, 0.15) is 17.6 Å². The van der Waals surface area contributed by atoms with Crippen LogP contribution in [0.5, 0.6) is 5.75 Å². The number of halogens is 1. The smallest absolute Gasteiger partial charge is 0.208 e. The molecule has 0 amide bonds. The molecule has 1 aliphatic rings. The van der Waals surface area contributed by atoms with E-state index < -0.39 is 0 Å². The Morgan fingerprint density at radius 2 is 2.06 bits per heavy atom. The quantitative estimate of drug-likeness (QED) is 0.529. The second-order valence-corrected chi connectivity index (χ2v) is 7.52. The number of nitrogens with zero attached hydrogens (tertiary/aromatic N) is 5. The van der Waals surface area contributed by atoms with Gasteiger partial charge >= 0.3 is 0 Å². The summed E-state index contributed by atoms with van der Waals surface area (Å²) in [5, 5.41) is 21.9. The Hall–Kier alpha value is -4.43. The molecule has 0 fully saturated rings. The van der Waals surface area contributed by atoms with E-state index in [2.05, 4.69) is 27.4 Å². The van der Waals surface area contributed by atoms with Crippen LogP contribution in [0.1, 0.15) is 27.9 Å². The van der Waals surface area contributed by atoms with E-state index in [1.807, 2.05) is 13.0 Å². The van der Waals surface area contributed by atoms with Gasteiger partial charge in [0, 0.05) is 35.9 Å². The number of nitrogens with one attached hydrogen (secondary N) is 1. The molecule has 156 valence electrons. The van der Waals surface area contributed by atoms with E-state index in [0.29, 0.717) is 47.1 Å². The van der Waals surface area contributed by atoms with Crippen molar-refractivity contribution >= 4 is 11.6 Å². The fourth-order valence-electron chi connectivity index (χ4n) is 4.01. The Morgan fingerprint density at radius 1 is 1.19 bits per heavy atom. The van der Waals surface area contributed by atoms with Crippen LogP contribution < -0.4 is 10.1 Å². The third-order valence-corrected chi connectivity index (χ3v) is 5.63. The largest absolute Gasteiger partial charge is 0.493 e. The average molecular weight is 424 g/mol. The van der Waals surface area contributed by atoms with Gasteiger partial charge < -0.3 is 10.1 Å². The van der Waals surface area contributed by atoms with Gasteiger partial charge in [-0.1, -0.05) is 6.07 Å². The number of ether oxygens (including phenoxy) is 1. The van der Waals surface area contributed by atoms with Gasteiger partial charge in [-0.3, -0.25) is 4.40 Å². The number of aryl methyl sites for hydroxylation is 1. The van der Waals surface area contributed by atoms with Gasteiger partial charge in [-0.15, -0.1) is 0 Å². The fraction of sp³-hybridized carbons (Fsp3) is 0.167. The van der Waals surface area contributed by atoms with Crippen molar-refractivity contribution in [2.45, 2.75) is 19.9 Å². The molecule has 0 atom stereocenters. The van der Waals surface area contributed by atoms with Crippen LogP contribution in [0.3, 0.4) is 0 Å².